The van der Waals surface area contributed by atoms with Crippen molar-refractivity contribution in [1.29, 1.82) is 5.41 Å². The largest absolute Gasteiger partial charge is 1.00 e. The second-order valence-corrected chi connectivity index (χ2v) is 7.54. The minimum Gasteiger partial charge on any atom is -0.619 e. The molecule has 0 radical (unpaired) electrons. The Morgan fingerprint density at radius 1 is 1.15 bits per heavy atom. The molecule has 0 bridgehead atoms. The molecule has 0 aliphatic heterocycles. The van der Waals surface area contributed by atoms with Crippen molar-refractivity contribution < 1.29 is 56.2 Å². The average molecular weight is 397 g/mol. The van der Waals surface area contributed by atoms with Crippen LogP contribution in [-0.2, 0) is 0 Å². The zero-order valence-electron chi connectivity index (χ0n) is 17.3. The van der Waals surface area contributed by atoms with E-state index in [0.29, 0.717) is 16.8 Å². The fourth-order valence-electron chi connectivity index (χ4n) is 2.24. The number of nitrogens with zero attached hydrogens (tertiary/aromatic N) is 2. The maximum atomic E-state index is 10.8. The molecule has 1 aromatic carbocycles. The van der Waals surface area contributed by atoms with Crippen LogP contribution in [0, 0.1) is 17.7 Å². The molecule has 2 aromatic rings. The number of nitrogens with one attached hydrogen (secondary N) is 2. The number of nitrogens with two attached hydrogens (primary N) is 2. The zero-order chi connectivity index (χ0) is 20.1. The molecule has 0 spiro atoms. The van der Waals surface area contributed by atoms with E-state index < -0.39 is 6.03 Å². The van der Waals surface area contributed by atoms with E-state index in [0.717, 1.165) is 16.8 Å². The molecule has 0 unspecified atom stereocenters. The number of carbonyl (C=O) groups is 1. The topological polar surface area (TPSA) is 124 Å². The molecule has 2 rings (SSSR count). The van der Waals surface area contributed by atoms with Crippen LogP contribution in [0.1, 0.15) is 39.1 Å². The Hall–Kier alpha value is -1.32. The molecular weight excluding hydrogens is 367 g/mol. The SMILES string of the molecule is CC(C)(C)C.C[N-]n1c(C)cc(-c2ccc(NC(N)=O)cc2)c1C(=N)N.[K+]. The van der Waals surface area contributed by atoms with E-state index in [-0.39, 0.29) is 57.2 Å². The van der Waals surface area contributed by atoms with Crippen LogP contribution in [0.2, 0.25) is 0 Å². The molecule has 0 aliphatic rings. The summed E-state index contributed by atoms with van der Waals surface area (Å²) < 4.78 is 1.63. The molecule has 0 aliphatic carbocycles. The van der Waals surface area contributed by atoms with Crippen LogP contribution in [0.4, 0.5) is 10.5 Å². The molecular formula is C19H29KN6O. The number of primary amides is 1. The van der Waals surface area contributed by atoms with Crippen molar-refractivity contribution >= 4 is 17.6 Å². The van der Waals surface area contributed by atoms with Crippen molar-refractivity contribution in [1.82, 2.24) is 4.68 Å². The van der Waals surface area contributed by atoms with Gasteiger partial charge in [0.05, 0.1) is 5.69 Å². The summed E-state index contributed by atoms with van der Waals surface area (Å²) in [4.78, 5) is 10.8. The van der Waals surface area contributed by atoms with Crippen molar-refractivity contribution in [3.05, 3.63) is 47.1 Å². The molecule has 0 saturated heterocycles. The van der Waals surface area contributed by atoms with E-state index in [2.05, 4.69) is 38.4 Å². The fraction of sp³-hybridized carbons (Fsp3) is 0.368. The van der Waals surface area contributed by atoms with Gasteiger partial charge in [0, 0.05) is 16.9 Å². The van der Waals surface area contributed by atoms with Crippen LogP contribution < -0.4 is 68.2 Å². The van der Waals surface area contributed by atoms with Gasteiger partial charge in [0.2, 0.25) is 0 Å². The fourth-order valence-corrected chi connectivity index (χ4v) is 2.24. The number of amidine groups is 1. The average Bonchev–Trinajstić information content (AvgIpc) is 2.82. The smallest absolute Gasteiger partial charge is 0.619 e. The molecule has 6 N–H and O–H groups in total. The Kier molecular flexibility index (Phi) is 10.3. The molecule has 2 amide bonds. The third-order valence-corrected chi connectivity index (χ3v) is 3.07. The predicted octanol–water partition coefficient (Wildman–Crippen LogP) is 1.06. The quantitative estimate of drug-likeness (QED) is 0.351. The maximum absolute atomic E-state index is 10.8. The molecule has 0 saturated carbocycles. The number of nitrogen functional groups attached to an aromatic ring is 1. The molecule has 1 aromatic heterocycles. The van der Waals surface area contributed by atoms with Crippen molar-refractivity contribution in [2.75, 3.05) is 12.4 Å². The number of aromatic nitrogens is 1. The molecule has 0 fully saturated rings. The third-order valence-electron chi connectivity index (χ3n) is 3.07. The minimum absolute atomic E-state index is 0. The van der Waals surface area contributed by atoms with E-state index in [1.54, 1.807) is 23.9 Å². The van der Waals surface area contributed by atoms with Gasteiger partial charge in [-0.25, -0.2) is 4.79 Å². The number of anilines is 1. The second kappa shape index (κ2) is 10.9. The molecule has 27 heavy (non-hydrogen) atoms. The van der Waals surface area contributed by atoms with Gasteiger partial charge in [-0.05, 0) is 36.1 Å². The summed E-state index contributed by atoms with van der Waals surface area (Å²) in [7, 11) is 1.64. The third kappa shape index (κ3) is 8.48. The van der Waals surface area contributed by atoms with Gasteiger partial charge in [0.25, 0.3) is 0 Å². The van der Waals surface area contributed by atoms with Gasteiger partial charge >= 0.3 is 57.4 Å². The monoisotopic (exact) mass is 396 g/mol. The number of rotatable bonds is 4. The van der Waals surface area contributed by atoms with Gasteiger partial charge in [-0.15, -0.1) is 7.05 Å². The first kappa shape index (κ1) is 25.7. The van der Waals surface area contributed by atoms with Crippen LogP contribution in [-0.4, -0.2) is 23.6 Å². The molecule has 1 heterocycles. The number of aryl methyl sites for hydroxylation is 1. The number of amides is 2. The summed E-state index contributed by atoms with van der Waals surface area (Å²) in [6, 6.07) is 8.43. The summed E-state index contributed by atoms with van der Waals surface area (Å²) in [5.74, 6) is -0.0527. The van der Waals surface area contributed by atoms with Gasteiger partial charge in [0.15, 0.2) is 0 Å². The van der Waals surface area contributed by atoms with E-state index in [4.69, 9.17) is 16.9 Å². The molecule has 7 nitrogen and oxygen atoms in total. The van der Waals surface area contributed by atoms with E-state index in [1.165, 1.54) is 0 Å². The number of hydrogen-bond donors (Lipinski definition) is 4. The number of benzene rings is 1. The minimum atomic E-state index is -0.612. The van der Waals surface area contributed by atoms with Crippen LogP contribution >= 0.6 is 0 Å². The Balaban J connectivity index is 0.00000100. The van der Waals surface area contributed by atoms with Gasteiger partial charge in [-0.3, -0.25) is 5.41 Å². The molecule has 0 atom stereocenters. The van der Waals surface area contributed by atoms with Gasteiger partial charge in [-0.2, -0.15) is 0 Å². The van der Waals surface area contributed by atoms with Crippen LogP contribution in [0.5, 0.6) is 0 Å². The van der Waals surface area contributed by atoms with Gasteiger partial charge in [0.1, 0.15) is 5.84 Å². The van der Waals surface area contributed by atoms with E-state index >= 15 is 0 Å². The number of urea groups is 1. The normalized spacial score (nSPS) is 10.1. The Morgan fingerprint density at radius 2 is 1.63 bits per heavy atom. The maximum Gasteiger partial charge on any atom is 1.00 e. The summed E-state index contributed by atoms with van der Waals surface area (Å²) >= 11 is 0. The Labute approximate surface area is 204 Å². The predicted molar refractivity (Wildman–Crippen MR) is 109 cm³/mol. The zero-order valence-corrected chi connectivity index (χ0v) is 20.5. The summed E-state index contributed by atoms with van der Waals surface area (Å²) in [6.45, 7) is 10.6. The van der Waals surface area contributed by atoms with E-state index in [9.17, 15) is 4.79 Å². The van der Waals surface area contributed by atoms with E-state index in [1.807, 2.05) is 25.1 Å². The first-order valence-electron chi connectivity index (χ1n) is 8.27. The second-order valence-electron chi connectivity index (χ2n) is 7.54. The molecule has 8 heteroatoms. The Bertz CT molecular complexity index is 769. The van der Waals surface area contributed by atoms with Crippen LogP contribution in [0.15, 0.2) is 30.3 Å². The summed E-state index contributed by atoms with van der Waals surface area (Å²) in [5, 5.41) is 10.2. The van der Waals surface area contributed by atoms with Crippen LogP contribution in [0.3, 0.4) is 0 Å². The number of carbonyl (C=O) groups excluding carboxylic acids is 1. The first-order chi connectivity index (χ1) is 11.9. The van der Waals surface area contributed by atoms with Crippen molar-refractivity contribution in [3.63, 3.8) is 0 Å². The van der Waals surface area contributed by atoms with Crippen molar-refractivity contribution in [3.8, 4) is 11.1 Å². The van der Waals surface area contributed by atoms with Crippen molar-refractivity contribution in [2.45, 2.75) is 34.6 Å². The molecule has 142 valence electrons. The van der Waals surface area contributed by atoms with Gasteiger partial charge < -0.3 is 26.9 Å². The number of hydrogen-bond acceptors (Lipinski definition) is 2. The van der Waals surface area contributed by atoms with Crippen molar-refractivity contribution in [2.24, 2.45) is 16.9 Å². The summed E-state index contributed by atoms with van der Waals surface area (Å²) in [5.41, 5.74) is 19.1. The van der Waals surface area contributed by atoms with Crippen LogP contribution in [0.25, 0.3) is 16.6 Å². The Morgan fingerprint density at radius 3 is 2.00 bits per heavy atom. The first-order valence-corrected chi connectivity index (χ1v) is 8.27. The summed E-state index contributed by atoms with van der Waals surface area (Å²) in [6.07, 6.45) is 0. The van der Waals surface area contributed by atoms with Gasteiger partial charge in [-0.1, -0.05) is 39.8 Å². The standard InChI is InChI=1S/C14H17N6O.C5H12.K/c1-8-7-11(12(13(15)16)20(8)18-2)9-3-5-10(6-4-9)19-14(17)21;1-5(2,3)4;/h3-7H,1-2H3,(H3,15,16)(H3,17,19,21);1-4H3;/q-1;;+1.